The molecular weight excluding hydrogens is 260 g/mol. The lowest BCUT2D eigenvalue weighted by molar-refractivity contribution is 0.0733. The number of carbonyl (C=O) groups excluding carboxylic acids is 1. The predicted molar refractivity (Wildman–Crippen MR) is 61.2 cm³/mol. The molecular formula is C10H15BrN2O2. The Morgan fingerprint density at radius 1 is 1.60 bits per heavy atom. The molecule has 0 radical (unpaired) electrons. The van der Waals surface area contributed by atoms with Crippen LogP contribution in [0.25, 0.3) is 0 Å². The molecule has 5 heteroatoms. The summed E-state index contributed by atoms with van der Waals surface area (Å²) in [5.74, 6) is 0.274. The van der Waals surface area contributed by atoms with Gasteiger partial charge in [-0.25, -0.2) is 4.98 Å². The van der Waals surface area contributed by atoms with Crippen LogP contribution in [0.3, 0.4) is 0 Å². The lowest BCUT2D eigenvalue weighted by atomic mass is 10.3. The van der Waals surface area contributed by atoms with Crippen molar-refractivity contribution in [1.29, 1.82) is 0 Å². The second-order valence-electron chi connectivity index (χ2n) is 3.25. The van der Waals surface area contributed by atoms with Gasteiger partial charge in [-0.1, -0.05) is 22.9 Å². The van der Waals surface area contributed by atoms with Crippen LogP contribution in [0.4, 0.5) is 0 Å². The van der Waals surface area contributed by atoms with Gasteiger partial charge in [-0.3, -0.25) is 4.79 Å². The van der Waals surface area contributed by atoms with E-state index in [1.54, 1.807) is 11.8 Å². The maximum Gasteiger partial charge on any atom is 0.291 e. The van der Waals surface area contributed by atoms with E-state index in [1.165, 1.54) is 6.39 Å². The number of aryl methyl sites for hydroxylation is 1. The van der Waals surface area contributed by atoms with E-state index in [4.69, 9.17) is 4.42 Å². The Morgan fingerprint density at radius 2 is 2.33 bits per heavy atom. The van der Waals surface area contributed by atoms with Crippen molar-refractivity contribution in [2.24, 2.45) is 0 Å². The van der Waals surface area contributed by atoms with Crippen LogP contribution in [0.15, 0.2) is 10.8 Å². The summed E-state index contributed by atoms with van der Waals surface area (Å²) in [6.07, 6.45) is 2.24. The van der Waals surface area contributed by atoms with E-state index < -0.39 is 0 Å². The Hall–Kier alpha value is -0.840. The number of hydrogen-bond acceptors (Lipinski definition) is 3. The van der Waals surface area contributed by atoms with Crippen molar-refractivity contribution in [3.05, 3.63) is 17.8 Å². The lowest BCUT2D eigenvalue weighted by Crippen LogP contribution is -2.33. The molecule has 1 aromatic rings. The Kier molecular flexibility index (Phi) is 4.81. The fraction of sp³-hybridized carbons (Fsp3) is 0.600. The van der Waals surface area contributed by atoms with Crippen LogP contribution < -0.4 is 0 Å². The number of halogens is 1. The number of amides is 1. The van der Waals surface area contributed by atoms with E-state index in [9.17, 15) is 4.79 Å². The third-order valence-electron chi connectivity index (χ3n) is 2.07. The standard InChI is InChI=1S/C10H15BrN2O2/c1-3-5-13(6-4-11)10(14)9-8(2)12-7-15-9/h7H,3-6H2,1-2H3. The van der Waals surface area contributed by atoms with E-state index in [0.717, 1.165) is 18.3 Å². The second kappa shape index (κ2) is 5.90. The van der Waals surface area contributed by atoms with Crippen molar-refractivity contribution in [2.45, 2.75) is 20.3 Å². The normalized spacial score (nSPS) is 10.3. The van der Waals surface area contributed by atoms with Crippen LogP contribution in [0, 0.1) is 6.92 Å². The minimum absolute atomic E-state index is 0.0775. The first-order valence-electron chi connectivity index (χ1n) is 4.96. The Balaban J connectivity index is 2.76. The van der Waals surface area contributed by atoms with Crippen LogP contribution in [0.2, 0.25) is 0 Å². The van der Waals surface area contributed by atoms with Gasteiger partial charge >= 0.3 is 0 Å². The van der Waals surface area contributed by atoms with E-state index in [-0.39, 0.29) is 5.91 Å². The van der Waals surface area contributed by atoms with Crippen molar-refractivity contribution in [3.8, 4) is 0 Å². The topological polar surface area (TPSA) is 46.3 Å². The Labute approximate surface area is 97.8 Å². The first-order valence-corrected chi connectivity index (χ1v) is 6.08. The summed E-state index contributed by atoms with van der Waals surface area (Å²) < 4.78 is 5.08. The zero-order valence-corrected chi connectivity index (χ0v) is 10.6. The molecule has 0 fully saturated rings. The van der Waals surface area contributed by atoms with Crippen LogP contribution in [0.1, 0.15) is 29.6 Å². The zero-order chi connectivity index (χ0) is 11.3. The van der Waals surface area contributed by atoms with Gasteiger partial charge in [0.2, 0.25) is 5.76 Å². The Bertz CT molecular complexity index is 319. The van der Waals surface area contributed by atoms with E-state index in [2.05, 4.69) is 20.9 Å². The number of alkyl halides is 1. The molecule has 0 aliphatic carbocycles. The van der Waals surface area contributed by atoms with Crippen LogP contribution in [0.5, 0.6) is 0 Å². The first kappa shape index (κ1) is 12.2. The fourth-order valence-electron chi connectivity index (χ4n) is 1.34. The highest BCUT2D eigenvalue weighted by Crippen LogP contribution is 2.09. The monoisotopic (exact) mass is 274 g/mol. The molecule has 0 saturated carbocycles. The molecule has 0 bridgehead atoms. The molecule has 0 N–H and O–H groups in total. The van der Waals surface area contributed by atoms with Gasteiger partial charge in [-0.2, -0.15) is 0 Å². The van der Waals surface area contributed by atoms with Crippen LogP contribution >= 0.6 is 15.9 Å². The molecule has 0 atom stereocenters. The summed E-state index contributed by atoms with van der Waals surface area (Å²) in [5.41, 5.74) is 0.649. The summed E-state index contributed by atoms with van der Waals surface area (Å²) in [6.45, 7) is 5.24. The molecule has 4 nitrogen and oxygen atoms in total. The summed E-state index contributed by atoms with van der Waals surface area (Å²) in [4.78, 5) is 17.7. The van der Waals surface area contributed by atoms with Gasteiger partial charge in [0.25, 0.3) is 5.91 Å². The number of nitrogens with zero attached hydrogens (tertiary/aromatic N) is 2. The van der Waals surface area contributed by atoms with E-state index in [0.29, 0.717) is 18.0 Å². The summed E-state index contributed by atoms with van der Waals surface area (Å²) >= 11 is 3.33. The average molecular weight is 275 g/mol. The van der Waals surface area contributed by atoms with E-state index >= 15 is 0 Å². The molecule has 1 rings (SSSR count). The summed E-state index contributed by atoms with van der Waals surface area (Å²) in [7, 11) is 0. The summed E-state index contributed by atoms with van der Waals surface area (Å²) in [6, 6.07) is 0. The van der Waals surface area contributed by atoms with E-state index in [1.807, 2.05) is 6.92 Å². The van der Waals surface area contributed by atoms with Gasteiger partial charge in [0, 0.05) is 18.4 Å². The third-order valence-corrected chi connectivity index (χ3v) is 2.43. The van der Waals surface area contributed by atoms with Gasteiger partial charge < -0.3 is 9.32 Å². The number of hydrogen-bond donors (Lipinski definition) is 0. The van der Waals surface area contributed by atoms with Gasteiger partial charge in [0.1, 0.15) is 0 Å². The largest absolute Gasteiger partial charge is 0.438 e. The lowest BCUT2D eigenvalue weighted by Gasteiger charge is -2.19. The molecule has 1 aromatic heterocycles. The minimum Gasteiger partial charge on any atom is -0.438 e. The molecule has 0 spiro atoms. The molecule has 0 aliphatic rings. The molecule has 0 unspecified atom stereocenters. The minimum atomic E-state index is -0.0775. The molecule has 1 amide bonds. The number of aromatic nitrogens is 1. The third kappa shape index (κ3) is 3.06. The highest BCUT2D eigenvalue weighted by atomic mass is 79.9. The number of rotatable bonds is 5. The van der Waals surface area contributed by atoms with Crippen molar-refractivity contribution in [3.63, 3.8) is 0 Å². The molecule has 1 heterocycles. The fourth-order valence-corrected chi connectivity index (χ4v) is 1.77. The van der Waals surface area contributed by atoms with Gasteiger partial charge in [-0.15, -0.1) is 0 Å². The van der Waals surface area contributed by atoms with Crippen molar-refractivity contribution in [2.75, 3.05) is 18.4 Å². The second-order valence-corrected chi connectivity index (χ2v) is 4.04. The SMILES string of the molecule is CCCN(CCBr)C(=O)c1ocnc1C. The molecule has 0 saturated heterocycles. The molecule has 15 heavy (non-hydrogen) atoms. The Morgan fingerprint density at radius 3 is 2.80 bits per heavy atom. The maximum atomic E-state index is 12.0. The maximum absolute atomic E-state index is 12.0. The average Bonchev–Trinajstić information content (AvgIpc) is 2.63. The van der Waals surface area contributed by atoms with Crippen molar-refractivity contribution < 1.29 is 9.21 Å². The van der Waals surface area contributed by atoms with Crippen molar-refractivity contribution >= 4 is 21.8 Å². The van der Waals surface area contributed by atoms with Crippen LogP contribution in [-0.2, 0) is 0 Å². The summed E-state index contributed by atoms with van der Waals surface area (Å²) in [5, 5.41) is 0.770. The highest BCUT2D eigenvalue weighted by Gasteiger charge is 2.20. The van der Waals surface area contributed by atoms with Gasteiger partial charge in [0.15, 0.2) is 6.39 Å². The van der Waals surface area contributed by atoms with Crippen LogP contribution in [-0.4, -0.2) is 34.2 Å². The van der Waals surface area contributed by atoms with Crippen molar-refractivity contribution in [1.82, 2.24) is 9.88 Å². The van der Waals surface area contributed by atoms with Gasteiger partial charge in [0.05, 0.1) is 5.69 Å². The molecule has 0 aromatic carbocycles. The molecule has 0 aliphatic heterocycles. The number of oxazole rings is 1. The quantitative estimate of drug-likeness (QED) is 0.774. The van der Waals surface area contributed by atoms with Gasteiger partial charge in [-0.05, 0) is 13.3 Å². The highest BCUT2D eigenvalue weighted by molar-refractivity contribution is 9.09. The molecule has 84 valence electrons. The zero-order valence-electron chi connectivity index (χ0n) is 8.99. The number of carbonyl (C=O) groups is 1. The predicted octanol–water partition coefficient (Wildman–Crippen LogP) is 2.23. The first-order chi connectivity index (χ1) is 7.20. The smallest absolute Gasteiger partial charge is 0.291 e.